The zero-order chi connectivity index (χ0) is 38.0. The first-order valence-corrected chi connectivity index (χ1v) is 21.2. The first kappa shape index (κ1) is 39.8. The number of carbonyl (C=O) groups is 2. The maximum absolute atomic E-state index is 11.9. The molecule has 0 amide bonds. The van der Waals surface area contributed by atoms with Crippen LogP contribution in [0, 0.1) is 28.6 Å². The Bertz CT molecular complexity index is 1650. The minimum absolute atomic E-state index is 0.0411. The van der Waals surface area contributed by atoms with Gasteiger partial charge in [-0.25, -0.2) is 0 Å². The number of hydrogen-bond donors (Lipinski definition) is 2. The summed E-state index contributed by atoms with van der Waals surface area (Å²) in [5.74, 6) is 2.41. The predicted molar refractivity (Wildman–Crippen MR) is 204 cm³/mol. The van der Waals surface area contributed by atoms with Crippen LogP contribution in [0.25, 0.3) is 0 Å². The molecule has 290 valence electrons. The highest BCUT2D eigenvalue weighted by Crippen LogP contribution is 2.65. The van der Waals surface area contributed by atoms with Crippen molar-refractivity contribution in [2.45, 2.75) is 135 Å². The van der Waals surface area contributed by atoms with Crippen LogP contribution < -0.4 is 0 Å². The molecular weight excluding hydrogens is 691 g/mol. The van der Waals surface area contributed by atoms with Gasteiger partial charge in [0, 0.05) is 30.3 Å². The number of esters is 1. The second-order valence-electron chi connectivity index (χ2n) is 16.9. The third-order valence-electron chi connectivity index (χ3n) is 14.0. The number of carbonyl (C=O) groups excluding carboxylic acids is 2. The second-order valence-corrected chi connectivity index (χ2v) is 17.7. The summed E-state index contributed by atoms with van der Waals surface area (Å²) >= 11 is 0. The molecule has 8 unspecified atom stereocenters. The first-order valence-electron chi connectivity index (χ1n) is 19.8. The summed E-state index contributed by atoms with van der Waals surface area (Å²) in [4.78, 5) is 26.3. The van der Waals surface area contributed by atoms with E-state index in [1.807, 2.05) is 13.0 Å². The Kier molecular flexibility index (Phi) is 12.4. The number of fused-ring (bicyclic) bond motifs is 7. The fraction of sp³-hybridized carbons (Fsp3) is 0.628. The number of ketones is 1. The van der Waals surface area contributed by atoms with E-state index in [0.29, 0.717) is 42.2 Å². The fourth-order valence-electron chi connectivity index (χ4n) is 11.2. The van der Waals surface area contributed by atoms with E-state index in [1.54, 1.807) is 0 Å². The van der Waals surface area contributed by atoms with Gasteiger partial charge < -0.3 is 14.4 Å². The lowest BCUT2D eigenvalue weighted by atomic mass is 9.47. The lowest BCUT2D eigenvalue weighted by Gasteiger charge is -2.57. The van der Waals surface area contributed by atoms with Crippen LogP contribution in [-0.2, 0) is 29.5 Å². The molecule has 0 radical (unpaired) electrons. The summed E-state index contributed by atoms with van der Waals surface area (Å²) in [5, 5.41) is 0. The lowest BCUT2D eigenvalue weighted by Crippen LogP contribution is -2.51. The molecule has 2 N–H and O–H groups in total. The monoisotopic (exact) mass is 749 g/mol. The van der Waals surface area contributed by atoms with Crippen molar-refractivity contribution in [2.75, 3.05) is 7.05 Å². The summed E-state index contributed by atoms with van der Waals surface area (Å²) in [6, 6.07) is 22.7. The van der Waals surface area contributed by atoms with Gasteiger partial charge in [-0.05, 0) is 118 Å². The average molecular weight is 750 g/mol. The Morgan fingerprint density at radius 3 is 2.00 bits per heavy atom. The van der Waals surface area contributed by atoms with Crippen molar-refractivity contribution in [1.29, 1.82) is 0 Å². The number of allylic oxidation sites excluding steroid dienone is 1. The van der Waals surface area contributed by atoms with Crippen molar-refractivity contribution in [3.8, 4) is 0 Å². The summed E-state index contributed by atoms with van der Waals surface area (Å²) in [6.07, 6.45) is 16.7. The highest BCUT2D eigenvalue weighted by atomic mass is 32.3. The van der Waals surface area contributed by atoms with Crippen molar-refractivity contribution in [1.82, 2.24) is 4.90 Å². The summed E-state index contributed by atoms with van der Waals surface area (Å²) in [7, 11) is -2.38. The van der Waals surface area contributed by atoms with Gasteiger partial charge in [-0.15, -0.1) is 0 Å². The van der Waals surface area contributed by atoms with Crippen LogP contribution in [0.15, 0.2) is 72.3 Å². The third kappa shape index (κ3) is 8.99. The summed E-state index contributed by atoms with van der Waals surface area (Å²) in [5.41, 5.74) is 4.33. The molecule has 2 heterocycles. The molecule has 6 aliphatic rings. The molecule has 5 fully saturated rings. The number of piperidine rings is 1. The van der Waals surface area contributed by atoms with E-state index in [1.165, 1.54) is 61.6 Å². The first-order chi connectivity index (χ1) is 25.2. The molecule has 0 aromatic heterocycles. The van der Waals surface area contributed by atoms with E-state index in [4.69, 9.17) is 27.0 Å². The molecule has 2 aliphatic heterocycles. The number of hydrogen-bond acceptors (Lipinski definition) is 7. The maximum atomic E-state index is 11.9. The number of ether oxygens (including phenoxy) is 2. The normalized spacial score (nSPS) is 34.7. The van der Waals surface area contributed by atoms with Gasteiger partial charge in [-0.2, -0.15) is 8.42 Å². The van der Waals surface area contributed by atoms with Gasteiger partial charge >= 0.3 is 16.4 Å². The molecule has 2 aromatic rings. The lowest BCUT2D eigenvalue weighted by molar-refractivity contribution is -0.159. The standard InChI is InChI=1S/C22H32O3.C21H25NO.H2O4S/c1-4-20(24)25-19-8-7-17-16-6-5-14-13-15(23)9-11-21(14,2)18(16)10-12-22(17,19)3;1-22-18-12-13-19(22)15-20(14-18)23-21(16-8-4-2-5-9-16)17-10-6-3-7-11-17;1-5(2,3)4/h13,16-19H,4-12H2,1-3H3;2-11,18-21H,12-15H2,1H3;(H2,1,2,3,4). The van der Waals surface area contributed by atoms with Crippen LogP contribution >= 0.6 is 0 Å². The largest absolute Gasteiger partial charge is 0.462 e. The molecule has 9 nitrogen and oxygen atoms in total. The van der Waals surface area contributed by atoms with Gasteiger partial charge in [0.25, 0.3) is 0 Å². The third-order valence-corrected chi connectivity index (χ3v) is 14.0. The quantitative estimate of drug-likeness (QED) is 0.220. The van der Waals surface area contributed by atoms with Crippen molar-refractivity contribution in [2.24, 2.45) is 28.6 Å². The zero-order valence-corrected chi connectivity index (χ0v) is 32.7. The summed E-state index contributed by atoms with van der Waals surface area (Å²) in [6.45, 7) is 6.69. The van der Waals surface area contributed by atoms with Gasteiger partial charge in [-0.3, -0.25) is 18.7 Å². The Morgan fingerprint density at radius 1 is 0.849 bits per heavy atom. The SMILES string of the molecule is CCC(=O)OC1CCC2C3CCC4=CC(=O)CCC4(C)C3CCC12C.CN1C2CCC1CC(OC(c1ccccc1)c1ccccc1)C2.O=S(=O)(O)O. The molecule has 3 saturated carbocycles. The highest BCUT2D eigenvalue weighted by Gasteiger charge is 2.60. The maximum Gasteiger partial charge on any atom is 0.394 e. The Labute approximate surface area is 316 Å². The molecular formula is C43H59NO8S. The topological polar surface area (TPSA) is 130 Å². The Balaban J connectivity index is 0.000000162. The van der Waals surface area contributed by atoms with Crippen LogP contribution in [0.2, 0.25) is 0 Å². The van der Waals surface area contributed by atoms with E-state index in [9.17, 15) is 9.59 Å². The Morgan fingerprint density at radius 2 is 1.43 bits per heavy atom. The van der Waals surface area contributed by atoms with E-state index < -0.39 is 10.4 Å². The molecule has 2 bridgehead atoms. The van der Waals surface area contributed by atoms with Crippen molar-refractivity contribution in [3.63, 3.8) is 0 Å². The van der Waals surface area contributed by atoms with E-state index in [2.05, 4.69) is 86.5 Å². The average Bonchev–Trinajstić information content (AvgIpc) is 3.55. The van der Waals surface area contributed by atoms with Gasteiger partial charge in [0.2, 0.25) is 0 Å². The van der Waals surface area contributed by atoms with Gasteiger partial charge in [-0.1, -0.05) is 87.0 Å². The summed E-state index contributed by atoms with van der Waals surface area (Å²) < 4.78 is 44.1. The molecule has 53 heavy (non-hydrogen) atoms. The van der Waals surface area contributed by atoms with Crippen LogP contribution in [-0.4, -0.2) is 65.5 Å². The van der Waals surface area contributed by atoms with Gasteiger partial charge in [0.1, 0.15) is 12.2 Å². The molecule has 8 rings (SSSR count). The minimum atomic E-state index is -4.67. The van der Waals surface area contributed by atoms with E-state index >= 15 is 0 Å². The fourth-order valence-corrected chi connectivity index (χ4v) is 11.2. The van der Waals surface area contributed by atoms with Crippen LogP contribution in [0.3, 0.4) is 0 Å². The predicted octanol–water partition coefficient (Wildman–Crippen LogP) is 8.61. The van der Waals surface area contributed by atoms with Crippen LogP contribution in [0.4, 0.5) is 0 Å². The Hall–Kier alpha value is -2.89. The van der Waals surface area contributed by atoms with Crippen LogP contribution in [0.5, 0.6) is 0 Å². The molecule has 0 spiro atoms. The van der Waals surface area contributed by atoms with E-state index in [0.717, 1.165) is 38.0 Å². The molecule has 10 heteroatoms. The molecule has 4 aliphatic carbocycles. The molecule has 2 aromatic carbocycles. The second kappa shape index (κ2) is 16.5. The van der Waals surface area contributed by atoms with Crippen molar-refractivity contribution < 1.29 is 36.6 Å². The van der Waals surface area contributed by atoms with Crippen molar-refractivity contribution in [3.05, 3.63) is 83.4 Å². The number of rotatable bonds is 6. The van der Waals surface area contributed by atoms with Crippen LogP contribution in [0.1, 0.15) is 121 Å². The molecule has 8 atom stereocenters. The van der Waals surface area contributed by atoms with Gasteiger partial charge in [0.05, 0.1) is 6.10 Å². The van der Waals surface area contributed by atoms with Gasteiger partial charge in [0.15, 0.2) is 5.78 Å². The number of benzene rings is 2. The number of nitrogens with zero attached hydrogens (tertiary/aromatic N) is 1. The molecule has 2 saturated heterocycles. The highest BCUT2D eigenvalue weighted by molar-refractivity contribution is 7.79. The minimum Gasteiger partial charge on any atom is -0.462 e. The smallest absolute Gasteiger partial charge is 0.394 e. The van der Waals surface area contributed by atoms with E-state index in [-0.39, 0.29) is 29.0 Å². The van der Waals surface area contributed by atoms with Crippen molar-refractivity contribution >= 4 is 22.2 Å². The zero-order valence-electron chi connectivity index (χ0n) is 31.9.